The molecular weight excluding hydrogens is 327 g/mol. The van der Waals surface area contributed by atoms with Crippen LogP contribution in [0.2, 0.25) is 0 Å². The van der Waals surface area contributed by atoms with Crippen molar-refractivity contribution < 1.29 is 21.6 Å². The van der Waals surface area contributed by atoms with Gasteiger partial charge < -0.3 is 0 Å². The van der Waals surface area contributed by atoms with E-state index in [0.717, 1.165) is 31.4 Å². The van der Waals surface area contributed by atoms with Crippen LogP contribution in [0.15, 0.2) is 29.2 Å². The first-order valence-electron chi connectivity index (χ1n) is 7.86. The van der Waals surface area contributed by atoms with Crippen LogP contribution in [0.4, 0.5) is 13.2 Å². The second-order valence-electron chi connectivity index (χ2n) is 6.77. The maximum atomic E-state index is 12.8. The second-order valence-corrected chi connectivity index (χ2v) is 8.49. The highest BCUT2D eigenvalue weighted by atomic mass is 32.2. The van der Waals surface area contributed by atoms with Gasteiger partial charge in [-0.1, -0.05) is 12.5 Å². The average Bonchev–Trinajstić information content (AvgIpc) is 3.09. The molecule has 0 saturated heterocycles. The Bertz CT molecular complexity index is 687. The van der Waals surface area contributed by atoms with Crippen molar-refractivity contribution in [2.75, 3.05) is 0 Å². The molecule has 1 aromatic rings. The summed E-state index contributed by atoms with van der Waals surface area (Å²) in [5.41, 5.74) is -0.951. The summed E-state index contributed by atoms with van der Waals surface area (Å²) in [5.74, 6) is 1.51. The van der Waals surface area contributed by atoms with Gasteiger partial charge in [-0.2, -0.15) is 13.2 Å². The van der Waals surface area contributed by atoms with Gasteiger partial charge in [0.15, 0.2) is 0 Å². The first-order valence-corrected chi connectivity index (χ1v) is 9.35. The fourth-order valence-electron chi connectivity index (χ4n) is 4.15. The number of alkyl halides is 3. The van der Waals surface area contributed by atoms with Crippen LogP contribution in [0.25, 0.3) is 0 Å². The third-order valence-corrected chi connectivity index (χ3v) is 6.80. The van der Waals surface area contributed by atoms with Crippen molar-refractivity contribution >= 4 is 10.0 Å². The number of fused-ring (bicyclic) bond motifs is 2. The minimum Gasteiger partial charge on any atom is -0.208 e. The SMILES string of the molecule is CC(NS(=O)(=O)c1cccc(C(F)(F)F)c1)C1CC2CCC1C2. The maximum absolute atomic E-state index is 12.8. The molecule has 3 nitrogen and oxygen atoms in total. The Labute approximate surface area is 134 Å². The van der Waals surface area contributed by atoms with Gasteiger partial charge in [-0.3, -0.25) is 0 Å². The smallest absolute Gasteiger partial charge is 0.208 e. The third-order valence-electron chi connectivity index (χ3n) is 5.25. The lowest BCUT2D eigenvalue weighted by Gasteiger charge is -2.28. The highest BCUT2D eigenvalue weighted by Crippen LogP contribution is 2.49. The van der Waals surface area contributed by atoms with Crippen molar-refractivity contribution in [1.29, 1.82) is 0 Å². The highest BCUT2D eigenvalue weighted by molar-refractivity contribution is 7.89. The van der Waals surface area contributed by atoms with Gasteiger partial charge in [-0.05, 0) is 62.1 Å². The standard InChI is InChI=1S/C16H20F3NO2S/c1-10(15-8-11-5-6-12(15)7-11)20-23(21,22)14-4-2-3-13(9-14)16(17,18)19/h2-4,9-12,15,20H,5-8H2,1H3. The van der Waals surface area contributed by atoms with Crippen LogP contribution in [0.1, 0.15) is 38.2 Å². The van der Waals surface area contributed by atoms with Crippen molar-refractivity contribution in [3.8, 4) is 0 Å². The van der Waals surface area contributed by atoms with Crippen molar-refractivity contribution in [3.05, 3.63) is 29.8 Å². The van der Waals surface area contributed by atoms with E-state index in [1.54, 1.807) is 0 Å². The third kappa shape index (κ3) is 3.40. The summed E-state index contributed by atoms with van der Waals surface area (Å²) in [6.07, 6.45) is -0.0434. The zero-order valence-electron chi connectivity index (χ0n) is 12.8. The van der Waals surface area contributed by atoms with Crippen molar-refractivity contribution in [2.45, 2.75) is 49.7 Å². The molecule has 4 atom stereocenters. The van der Waals surface area contributed by atoms with Crippen LogP contribution >= 0.6 is 0 Å². The first-order chi connectivity index (χ1) is 10.7. The molecule has 0 heterocycles. The minimum absolute atomic E-state index is 0.259. The number of hydrogen-bond donors (Lipinski definition) is 1. The summed E-state index contributed by atoms with van der Waals surface area (Å²) >= 11 is 0. The van der Waals surface area contributed by atoms with E-state index >= 15 is 0 Å². The fraction of sp³-hybridized carbons (Fsp3) is 0.625. The van der Waals surface area contributed by atoms with Crippen LogP contribution in [0.5, 0.6) is 0 Å². The van der Waals surface area contributed by atoms with Gasteiger partial charge in [0.2, 0.25) is 10.0 Å². The Morgan fingerprint density at radius 3 is 2.52 bits per heavy atom. The molecule has 0 amide bonds. The van der Waals surface area contributed by atoms with Crippen LogP contribution in [0, 0.1) is 17.8 Å². The summed E-state index contributed by atoms with van der Waals surface area (Å²) in [6, 6.07) is 3.63. The van der Waals surface area contributed by atoms with E-state index in [1.807, 2.05) is 6.92 Å². The van der Waals surface area contributed by atoms with E-state index in [4.69, 9.17) is 0 Å². The summed E-state index contributed by atoms with van der Waals surface area (Å²) in [6.45, 7) is 1.82. The molecule has 3 rings (SSSR count). The molecule has 7 heteroatoms. The summed E-state index contributed by atoms with van der Waals surface area (Å²) in [5, 5.41) is 0. The first kappa shape index (κ1) is 16.8. The van der Waals surface area contributed by atoms with Gasteiger partial charge in [0, 0.05) is 6.04 Å². The van der Waals surface area contributed by atoms with Gasteiger partial charge in [0.25, 0.3) is 0 Å². The van der Waals surface area contributed by atoms with E-state index in [2.05, 4.69) is 4.72 Å². The molecule has 2 saturated carbocycles. The summed E-state index contributed by atoms with van der Waals surface area (Å²) < 4.78 is 65.6. The molecular formula is C16H20F3NO2S. The lowest BCUT2D eigenvalue weighted by molar-refractivity contribution is -0.137. The number of hydrogen-bond acceptors (Lipinski definition) is 2. The number of benzene rings is 1. The largest absolute Gasteiger partial charge is 0.416 e. The average molecular weight is 347 g/mol. The highest BCUT2D eigenvalue weighted by Gasteiger charge is 2.42. The van der Waals surface area contributed by atoms with Crippen LogP contribution < -0.4 is 4.72 Å². The van der Waals surface area contributed by atoms with Gasteiger partial charge in [-0.25, -0.2) is 13.1 Å². The van der Waals surface area contributed by atoms with Crippen molar-refractivity contribution in [2.24, 2.45) is 17.8 Å². The van der Waals surface area contributed by atoms with Crippen molar-refractivity contribution in [1.82, 2.24) is 4.72 Å². The number of rotatable bonds is 4. The molecule has 128 valence electrons. The van der Waals surface area contributed by atoms with E-state index in [-0.39, 0.29) is 16.9 Å². The maximum Gasteiger partial charge on any atom is 0.416 e. The zero-order valence-corrected chi connectivity index (χ0v) is 13.6. The predicted molar refractivity (Wildman–Crippen MR) is 80.2 cm³/mol. The molecule has 1 aromatic carbocycles. The molecule has 0 aliphatic heterocycles. The van der Waals surface area contributed by atoms with Gasteiger partial charge in [0.1, 0.15) is 0 Å². The van der Waals surface area contributed by atoms with E-state index in [1.165, 1.54) is 12.5 Å². The van der Waals surface area contributed by atoms with Crippen LogP contribution in [-0.4, -0.2) is 14.5 Å². The monoisotopic (exact) mass is 347 g/mol. The molecule has 23 heavy (non-hydrogen) atoms. The predicted octanol–water partition coefficient (Wildman–Crippen LogP) is 3.81. The normalized spacial score (nSPS) is 29.0. The molecule has 0 radical (unpaired) electrons. The molecule has 2 aliphatic carbocycles. The van der Waals surface area contributed by atoms with Crippen LogP contribution in [0.3, 0.4) is 0 Å². The Morgan fingerprint density at radius 1 is 1.22 bits per heavy atom. The summed E-state index contributed by atoms with van der Waals surface area (Å²) in [7, 11) is -3.95. The number of nitrogens with one attached hydrogen (secondary N) is 1. The molecule has 1 N–H and O–H groups in total. The van der Waals surface area contributed by atoms with Gasteiger partial charge >= 0.3 is 6.18 Å². The van der Waals surface area contributed by atoms with E-state index in [9.17, 15) is 21.6 Å². The van der Waals surface area contributed by atoms with Crippen molar-refractivity contribution in [3.63, 3.8) is 0 Å². The molecule has 0 spiro atoms. The molecule has 2 aliphatic rings. The Hall–Kier alpha value is -1.08. The number of halogens is 3. The Balaban J connectivity index is 1.76. The molecule has 2 bridgehead atoms. The molecule has 0 aromatic heterocycles. The lowest BCUT2D eigenvalue weighted by Crippen LogP contribution is -2.40. The van der Waals surface area contributed by atoms with E-state index in [0.29, 0.717) is 17.9 Å². The lowest BCUT2D eigenvalue weighted by atomic mass is 9.84. The van der Waals surface area contributed by atoms with E-state index < -0.39 is 21.8 Å². The van der Waals surface area contributed by atoms with Gasteiger partial charge in [-0.15, -0.1) is 0 Å². The topological polar surface area (TPSA) is 46.2 Å². The second kappa shape index (κ2) is 5.77. The molecule has 4 unspecified atom stereocenters. The Kier molecular flexibility index (Phi) is 4.21. The zero-order chi connectivity index (χ0) is 16.8. The molecule has 2 fully saturated rings. The van der Waals surface area contributed by atoms with Gasteiger partial charge in [0.05, 0.1) is 10.5 Å². The fourth-order valence-corrected chi connectivity index (χ4v) is 5.49. The quantitative estimate of drug-likeness (QED) is 0.900. The number of sulfonamides is 1. The minimum atomic E-state index is -4.55. The summed E-state index contributed by atoms with van der Waals surface area (Å²) in [4.78, 5) is -0.331. The van der Waals surface area contributed by atoms with Crippen LogP contribution in [-0.2, 0) is 16.2 Å². The Morgan fingerprint density at radius 2 is 1.96 bits per heavy atom.